The quantitative estimate of drug-likeness (QED) is 0.440. The van der Waals surface area contributed by atoms with Crippen LogP contribution in [0, 0.1) is 0 Å². The zero-order valence-corrected chi connectivity index (χ0v) is 18.4. The lowest BCUT2D eigenvalue weighted by atomic mass is 10.2. The number of amides is 1. The summed E-state index contributed by atoms with van der Waals surface area (Å²) in [5, 5.41) is 3.30. The van der Waals surface area contributed by atoms with Gasteiger partial charge in [0.1, 0.15) is 18.2 Å². The third-order valence-electron chi connectivity index (χ3n) is 3.69. The number of halogens is 1. The Kier molecular flexibility index (Phi) is 8.86. The highest BCUT2D eigenvalue weighted by atomic mass is 35.5. The topological polar surface area (TPSA) is 64.6 Å². The average Bonchev–Trinajstić information content (AvgIpc) is 2.66. The highest BCUT2D eigenvalue weighted by Gasteiger charge is 2.25. The fraction of sp³-hybridized carbons (Fsp3) is 0.364. The van der Waals surface area contributed by atoms with Gasteiger partial charge in [-0.25, -0.2) is 9.59 Å². The molecule has 0 radical (unpaired) electrons. The molecule has 0 heterocycles. The Morgan fingerprint density at radius 2 is 1.72 bits per heavy atom. The number of ether oxygens (including phenoxy) is 2. The van der Waals surface area contributed by atoms with Crippen LogP contribution in [0.3, 0.4) is 0 Å². The molecule has 1 N–H and O–H groups in total. The van der Waals surface area contributed by atoms with Crippen molar-refractivity contribution in [3.8, 4) is 0 Å². The van der Waals surface area contributed by atoms with E-state index in [4.69, 9.17) is 21.1 Å². The van der Waals surface area contributed by atoms with E-state index in [-0.39, 0.29) is 6.61 Å². The Bertz CT molecular complexity index is 791. The van der Waals surface area contributed by atoms with Crippen LogP contribution in [-0.4, -0.2) is 29.5 Å². The summed E-state index contributed by atoms with van der Waals surface area (Å²) in [5.74, 6) is 0.124. The highest BCUT2D eigenvalue weighted by molar-refractivity contribution is 7.99. The second kappa shape index (κ2) is 11.1. The van der Waals surface area contributed by atoms with Gasteiger partial charge in [-0.1, -0.05) is 41.9 Å². The smallest absolute Gasteiger partial charge is 0.408 e. The van der Waals surface area contributed by atoms with Crippen LogP contribution in [0.1, 0.15) is 32.8 Å². The molecule has 2 rings (SSSR count). The summed E-state index contributed by atoms with van der Waals surface area (Å²) in [6.45, 7) is 5.46. The Balaban J connectivity index is 1.94. The molecule has 5 nitrogen and oxygen atoms in total. The van der Waals surface area contributed by atoms with E-state index in [0.29, 0.717) is 17.2 Å². The Morgan fingerprint density at radius 3 is 2.34 bits per heavy atom. The number of hydrogen-bond donors (Lipinski definition) is 1. The van der Waals surface area contributed by atoms with Crippen molar-refractivity contribution in [2.75, 3.05) is 5.75 Å². The predicted molar refractivity (Wildman–Crippen MR) is 116 cm³/mol. The first-order chi connectivity index (χ1) is 13.7. The van der Waals surface area contributed by atoms with Gasteiger partial charge in [0.25, 0.3) is 0 Å². The molecule has 0 unspecified atom stereocenters. The zero-order chi connectivity index (χ0) is 21.3. The maximum absolute atomic E-state index is 12.6. The van der Waals surface area contributed by atoms with Crippen LogP contribution in [0.15, 0.2) is 59.5 Å². The van der Waals surface area contributed by atoms with E-state index in [0.717, 1.165) is 10.5 Å². The van der Waals surface area contributed by atoms with Crippen molar-refractivity contribution in [2.24, 2.45) is 0 Å². The van der Waals surface area contributed by atoms with Crippen LogP contribution >= 0.6 is 23.4 Å². The monoisotopic (exact) mass is 435 g/mol. The third-order valence-corrected chi connectivity index (χ3v) is 4.99. The van der Waals surface area contributed by atoms with Gasteiger partial charge in [0.2, 0.25) is 0 Å². The molecule has 7 heteroatoms. The second-order valence-electron chi connectivity index (χ2n) is 7.38. The van der Waals surface area contributed by atoms with Crippen LogP contribution in [0.2, 0.25) is 5.02 Å². The number of carbonyl (C=O) groups excluding carboxylic acids is 2. The number of nitrogens with one attached hydrogen (secondary N) is 1. The van der Waals surface area contributed by atoms with Crippen molar-refractivity contribution < 1.29 is 19.1 Å². The molecule has 0 fully saturated rings. The molecule has 0 saturated heterocycles. The SMILES string of the molecule is CC(C)(C)OC(=O)N[C@H](CCSc1ccc(Cl)cc1)C(=O)OCc1ccccc1. The maximum atomic E-state index is 12.6. The molecule has 0 aliphatic carbocycles. The normalized spacial score (nSPS) is 12.1. The van der Waals surface area contributed by atoms with Crippen molar-refractivity contribution in [2.45, 2.75) is 50.3 Å². The first-order valence-electron chi connectivity index (χ1n) is 9.31. The van der Waals surface area contributed by atoms with Crippen molar-refractivity contribution >= 4 is 35.4 Å². The largest absolute Gasteiger partial charge is 0.459 e. The summed E-state index contributed by atoms with van der Waals surface area (Å²) in [4.78, 5) is 25.8. The molecular formula is C22H26ClNO4S. The molecule has 0 aliphatic rings. The highest BCUT2D eigenvalue weighted by Crippen LogP contribution is 2.22. The van der Waals surface area contributed by atoms with Gasteiger partial charge in [0.15, 0.2) is 0 Å². The van der Waals surface area contributed by atoms with Gasteiger partial charge in [-0.05, 0) is 57.0 Å². The molecule has 29 heavy (non-hydrogen) atoms. The molecule has 156 valence electrons. The molecule has 0 bridgehead atoms. The zero-order valence-electron chi connectivity index (χ0n) is 16.8. The van der Waals surface area contributed by atoms with E-state index in [2.05, 4.69) is 5.32 Å². The lowest BCUT2D eigenvalue weighted by Gasteiger charge is -2.23. The van der Waals surface area contributed by atoms with E-state index in [1.807, 2.05) is 54.6 Å². The van der Waals surface area contributed by atoms with Crippen molar-refractivity contribution in [3.05, 3.63) is 65.2 Å². The summed E-state index contributed by atoms with van der Waals surface area (Å²) in [5.41, 5.74) is 0.230. The van der Waals surface area contributed by atoms with Gasteiger partial charge < -0.3 is 14.8 Å². The Labute approximate surface area is 181 Å². The van der Waals surface area contributed by atoms with Crippen LogP contribution in [0.25, 0.3) is 0 Å². The van der Waals surface area contributed by atoms with E-state index in [9.17, 15) is 9.59 Å². The summed E-state index contributed by atoms with van der Waals surface area (Å²) in [7, 11) is 0. The summed E-state index contributed by atoms with van der Waals surface area (Å²) in [6, 6.07) is 16.1. The van der Waals surface area contributed by atoms with Crippen LogP contribution in [-0.2, 0) is 20.9 Å². The minimum atomic E-state index is -0.798. The maximum Gasteiger partial charge on any atom is 0.408 e. The fourth-order valence-electron chi connectivity index (χ4n) is 2.35. The number of benzene rings is 2. The van der Waals surface area contributed by atoms with Crippen LogP contribution in [0.4, 0.5) is 4.79 Å². The first kappa shape index (κ1) is 23.1. The van der Waals surface area contributed by atoms with E-state index in [1.165, 1.54) is 0 Å². The molecule has 0 aliphatic heterocycles. The number of thioether (sulfide) groups is 1. The van der Waals surface area contributed by atoms with Crippen molar-refractivity contribution in [1.29, 1.82) is 0 Å². The lowest BCUT2D eigenvalue weighted by molar-refractivity contribution is -0.147. The van der Waals surface area contributed by atoms with Gasteiger partial charge in [-0.2, -0.15) is 0 Å². The van der Waals surface area contributed by atoms with E-state index >= 15 is 0 Å². The molecule has 1 amide bonds. The minimum Gasteiger partial charge on any atom is -0.459 e. The second-order valence-corrected chi connectivity index (χ2v) is 8.99. The van der Waals surface area contributed by atoms with Crippen molar-refractivity contribution in [3.63, 3.8) is 0 Å². The standard InChI is InChI=1S/C22H26ClNO4S/c1-22(2,3)28-21(26)24-19(13-14-29-18-11-9-17(23)10-12-18)20(25)27-15-16-7-5-4-6-8-16/h4-12,19H,13-15H2,1-3H3,(H,24,26)/t19-/m1/s1. The summed E-state index contributed by atoms with van der Waals surface area (Å²) in [6.07, 6.45) is -0.240. The van der Waals surface area contributed by atoms with Crippen molar-refractivity contribution in [1.82, 2.24) is 5.32 Å². The number of alkyl carbamates (subject to hydrolysis) is 1. The number of carbonyl (C=O) groups is 2. The fourth-order valence-corrected chi connectivity index (χ4v) is 3.40. The molecular weight excluding hydrogens is 410 g/mol. The number of rotatable bonds is 8. The van der Waals surface area contributed by atoms with E-state index in [1.54, 1.807) is 32.5 Å². The summed E-state index contributed by atoms with van der Waals surface area (Å²) >= 11 is 7.47. The first-order valence-corrected chi connectivity index (χ1v) is 10.7. The van der Waals surface area contributed by atoms with Crippen LogP contribution < -0.4 is 5.32 Å². The molecule has 0 aromatic heterocycles. The Morgan fingerprint density at radius 1 is 1.07 bits per heavy atom. The van der Waals surface area contributed by atoms with Gasteiger partial charge >= 0.3 is 12.1 Å². The van der Waals surface area contributed by atoms with Gasteiger partial charge in [0.05, 0.1) is 0 Å². The van der Waals surface area contributed by atoms with Crippen LogP contribution in [0.5, 0.6) is 0 Å². The molecule has 0 saturated carbocycles. The van der Waals surface area contributed by atoms with E-state index < -0.39 is 23.7 Å². The number of hydrogen-bond acceptors (Lipinski definition) is 5. The Hall–Kier alpha value is -2.18. The molecule has 2 aromatic carbocycles. The van der Waals surface area contributed by atoms with Gasteiger partial charge in [-0.3, -0.25) is 0 Å². The average molecular weight is 436 g/mol. The minimum absolute atomic E-state index is 0.149. The summed E-state index contributed by atoms with van der Waals surface area (Å²) < 4.78 is 10.7. The molecule has 2 aromatic rings. The molecule has 1 atom stereocenters. The predicted octanol–water partition coefficient (Wildman–Crippen LogP) is 5.46. The molecule has 0 spiro atoms. The third kappa shape index (κ3) is 9.24. The van der Waals surface area contributed by atoms with Gasteiger partial charge in [0, 0.05) is 15.7 Å². The van der Waals surface area contributed by atoms with Gasteiger partial charge in [-0.15, -0.1) is 11.8 Å². The lowest BCUT2D eigenvalue weighted by Crippen LogP contribution is -2.44. The number of esters is 1.